The third-order valence-corrected chi connectivity index (χ3v) is 2.68. The van der Waals surface area contributed by atoms with Crippen molar-refractivity contribution in [1.82, 2.24) is 5.32 Å². The van der Waals surface area contributed by atoms with Crippen LogP contribution in [0.1, 0.15) is 6.92 Å². The molecule has 0 amide bonds. The second kappa shape index (κ2) is 5.88. The highest BCUT2D eigenvalue weighted by atomic mass is 32.2. The largest absolute Gasteiger partial charge is 0.363 e. The molecule has 0 unspecified atom stereocenters. The van der Waals surface area contributed by atoms with Crippen molar-refractivity contribution in [1.29, 1.82) is 0 Å². The number of anilines is 1. The summed E-state index contributed by atoms with van der Waals surface area (Å²) < 4.78 is 0. The first-order valence-electron chi connectivity index (χ1n) is 4.45. The van der Waals surface area contributed by atoms with Crippen LogP contribution in [0.2, 0.25) is 0 Å². The number of nitrogens with one attached hydrogen (secondary N) is 2. The minimum absolute atomic E-state index is 0.671. The van der Waals surface area contributed by atoms with Crippen LogP contribution >= 0.6 is 24.0 Å². The Morgan fingerprint density at radius 3 is 2.50 bits per heavy atom. The molecule has 0 bridgehead atoms. The summed E-state index contributed by atoms with van der Waals surface area (Å²) in [4.78, 5) is 1.25. The van der Waals surface area contributed by atoms with Gasteiger partial charge in [0, 0.05) is 17.1 Å². The van der Waals surface area contributed by atoms with E-state index in [-0.39, 0.29) is 0 Å². The van der Waals surface area contributed by atoms with Gasteiger partial charge < -0.3 is 10.6 Å². The molecule has 0 aliphatic rings. The van der Waals surface area contributed by atoms with Gasteiger partial charge >= 0.3 is 0 Å². The van der Waals surface area contributed by atoms with Crippen LogP contribution in [0.3, 0.4) is 0 Å². The van der Waals surface area contributed by atoms with Gasteiger partial charge in [-0.2, -0.15) is 0 Å². The minimum Gasteiger partial charge on any atom is -0.363 e. The van der Waals surface area contributed by atoms with E-state index >= 15 is 0 Å². The van der Waals surface area contributed by atoms with Crippen LogP contribution < -0.4 is 10.6 Å². The van der Waals surface area contributed by atoms with E-state index in [0.717, 1.165) is 12.2 Å². The first kappa shape index (κ1) is 11.3. The second-order valence-corrected chi connectivity index (χ2v) is 4.00. The lowest BCUT2D eigenvalue weighted by Gasteiger charge is -2.08. The molecule has 76 valence electrons. The highest BCUT2D eigenvalue weighted by Gasteiger charge is 1.95. The first-order chi connectivity index (χ1) is 6.76. The number of thiocarbonyl (C=S) groups is 1. The molecule has 0 spiro atoms. The van der Waals surface area contributed by atoms with E-state index in [4.69, 9.17) is 12.2 Å². The SMILES string of the molecule is CCNC(=S)Nc1ccc(SC)cc1. The standard InChI is InChI=1S/C10H14N2S2/c1-3-11-10(13)12-8-4-6-9(14-2)7-5-8/h4-7H,3H2,1-2H3,(H2,11,12,13). The van der Waals surface area contributed by atoms with Gasteiger partial charge in [0.15, 0.2) is 5.11 Å². The first-order valence-corrected chi connectivity index (χ1v) is 6.08. The summed E-state index contributed by atoms with van der Waals surface area (Å²) in [6, 6.07) is 8.19. The predicted octanol–water partition coefficient (Wildman–Crippen LogP) is 2.71. The van der Waals surface area contributed by atoms with Crippen molar-refractivity contribution in [3.8, 4) is 0 Å². The zero-order chi connectivity index (χ0) is 10.4. The quantitative estimate of drug-likeness (QED) is 0.611. The van der Waals surface area contributed by atoms with Crippen molar-refractivity contribution in [2.24, 2.45) is 0 Å². The number of thioether (sulfide) groups is 1. The maximum Gasteiger partial charge on any atom is 0.170 e. The molecule has 0 aliphatic carbocycles. The van der Waals surface area contributed by atoms with Crippen molar-refractivity contribution in [2.75, 3.05) is 18.1 Å². The normalized spacial score (nSPS) is 9.57. The summed E-state index contributed by atoms with van der Waals surface area (Å²) in [6.45, 7) is 2.86. The highest BCUT2D eigenvalue weighted by molar-refractivity contribution is 7.98. The van der Waals surface area contributed by atoms with Gasteiger partial charge in [0.25, 0.3) is 0 Å². The Balaban J connectivity index is 2.55. The molecule has 0 atom stereocenters. The fourth-order valence-corrected chi connectivity index (χ4v) is 1.68. The van der Waals surface area contributed by atoms with Gasteiger partial charge in [-0.05, 0) is 49.7 Å². The van der Waals surface area contributed by atoms with Crippen molar-refractivity contribution < 1.29 is 0 Å². The summed E-state index contributed by atoms with van der Waals surface area (Å²) in [5, 5.41) is 6.81. The molecular weight excluding hydrogens is 212 g/mol. The lowest BCUT2D eigenvalue weighted by atomic mass is 10.3. The lowest BCUT2D eigenvalue weighted by Crippen LogP contribution is -2.27. The van der Waals surface area contributed by atoms with Crippen molar-refractivity contribution >= 4 is 34.8 Å². The molecular formula is C10H14N2S2. The Morgan fingerprint density at radius 1 is 1.36 bits per heavy atom. The summed E-state index contributed by atoms with van der Waals surface area (Å²) >= 11 is 6.80. The summed E-state index contributed by atoms with van der Waals surface area (Å²) in [6.07, 6.45) is 2.06. The minimum atomic E-state index is 0.671. The van der Waals surface area contributed by atoms with E-state index in [1.54, 1.807) is 11.8 Å². The van der Waals surface area contributed by atoms with E-state index < -0.39 is 0 Å². The Hall–Kier alpha value is -0.740. The number of rotatable bonds is 3. The van der Waals surface area contributed by atoms with Crippen molar-refractivity contribution in [3.05, 3.63) is 24.3 Å². The molecule has 2 N–H and O–H groups in total. The van der Waals surface area contributed by atoms with E-state index in [2.05, 4.69) is 29.0 Å². The predicted molar refractivity (Wildman–Crippen MR) is 68.1 cm³/mol. The number of hydrogen-bond donors (Lipinski definition) is 2. The molecule has 1 aromatic rings. The molecule has 1 rings (SSSR count). The Labute approximate surface area is 94.5 Å². The van der Waals surface area contributed by atoms with Crippen LogP contribution in [0.5, 0.6) is 0 Å². The third kappa shape index (κ3) is 3.55. The zero-order valence-corrected chi connectivity index (χ0v) is 9.97. The monoisotopic (exact) mass is 226 g/mol. The van der Waals surface area contributed by atoms with Gasteiger partial charge in [-0.25, -0.2) is 0 Å². The average molecular weight is 226 g/mol. The molecule has 0 radical (unpaired) electrons. The Kier molecular flexibility index (Phi) is 4.76. The van der Waals surface area contributed by atoms with Gasteiger partial charge in [0.1, 0.15) is 0 Å². The lowest BCUT2D eigenvalue weighted by molar-refractivity contribution is 0.979. The summed E-state index contributed by atoms with van der Waals surface area (Å²) in [5.74, 6) is 0. The molecule has 0 heterocycles. The topological polar surface area (TPSA) is 24.1 Å². The number of hydrogen-bond acceptors (Lipinski definition) is 2. The van der Waals surface area contributed by atoms with E-state index in [9.17, 15) is 0 Å². The van der Waals surface area contributed by atoms with Crippen LogP contribution in [0, 0.1) is 0 Å². The highest BCUT2D eigenvalue weighted by Crippen LogP contribution is 2.17. The Morgan fingerprint density at radius 2 is 2.00 bits per heavy atom. The van der Waals surface area contributed by atoms with Crippen LogP contribution in [-0.4, -0.2) is 17.9 Å². The zero-order valence-electron chi connectivity index (χ0n) is 8.33. The molecule has 0 aliphatic heterocycles. The Bertz CT molecular complexity index is 295. The van der Waals surface area contributed by atoms with Crippen LogP contribution in [0.4, 0.5) is 5.69 Å². The molecule has 0 saturated heterocycles. The average Bonchev–Trinajstić information content (AvgIpc) is 2.19. The molecule has 0 saturated carbocycles. The fraction of sp³-hybridized carbons (Fsp3) is 0.300. The van der Waals surface area contributed by atoms with Gasteiger partial charge in [-0.1, -0.05) is 0 Å². The van der Waals surface area contributed by atoms with Crippen LogP contribution in [0.15, 0.2) is 29.2 Å². The van der Waals surface area contributed by atoms with Gasteiger partial charge in [-0.3, -0.25) is 0 Å². The molecule has 0 fully saturated rings. The number of benzene rings is 1. The van der Waals surface area contributed by atoms with Crippen molar-refractivity contribution in [3.63, 3.8) is 0 Å². The maximum atomic E-state index is 5.07. The van der Waals surface area contributed by atoms with Gasteiger partial charge in [0.2, 0.25) is 0 Å². The van der Waals surface area contributed by atoms with Crippen molar-refractivity contribution in [2.45, 2.75) is 11.8 Å². The van der Waals surface area contributed by atoms with E-state index in [1.807, 2.05) is 19.1 Å². The summed E-state index contributed by atoms with van der Waals surface area (Å²) in [7, 11) is 0. The summed E-state index contributed by atoms with van der Waals surface area (Å²) in [5.41, 5.74) is 1.02. The van der Waals surface area contributed by atoms with Gasteiger partial charge in [0.05, 0.1) is 0 Å². The third-order valence-electron chi connectivity index (χ3n) is 1.69. The van der Waals surface area contributed by atoms with Crippen LogP contribution in [-0.2, 0) is 0 Å². The molecule has 2 nitrogen and oxygen atoms in total. The van der Waals surface area contributed by atoms with E-state index in [1.165, 1.54) is 4.90 Å². The molecule has 4 heteroatoms. The molecule has 14 heavy (non-hydrogen) atoms. The maximum absolute atomic E-state index is 5.07. The molecule has 1 aromatic carbocycles. The van der Waals surface area contributed by atoms with E-state index in [0.29, 0.717) is 5.11 Å². The second-order valence-electron chi connectivity index (χ2n) is 2.71. The van der Waals surface area contributed by atoms with Crippen LogP contribution in [0.25, 0.3) is 0 Å². The smallest absolute Gasteiger partial charge is 0.170 e. The fourth-order valence-electron chi connectivity index (χ4n) is 1.01. The molecule has 0 aromatic heterocycles. The van der Waals surface area contributed by atoms with Gasteiger partial charge in [-0.15, -0.1) is 11.8 Å².